The second-order valence-electron chi connectivity index (χ2n) is 10.0. The lowest BCUT2D eigenvalue weighted by Gasteiger charge is -2.48. The van der Waals surface area contributed by atoms with Crippen molar-refractivity contribution in [3.63, 3.8) is 0 Å². The quantitative estimate of drug-likeness (QED) is 0.120. The van der Waals surface area contributed by atoms with Gasteiger partial charge >= 0.3 is 24.4 Å². The average Bonchev–Trinajstić information content (AvgIpc) is 3.43. The van der Waals surface area contributed by atoms with Gasteiger partial charge in [0.2, 0.25) is 11.7 Å². The summed E-state index contributed by atoms with van der Waals surface area (Å²) in [7, 11) is 1.37. The molecule has 42 heavy (non-hydrogen) atoms. The van der Waals surface area contributed by atoms with Gasteiger partial charge in [-0.15, -0.1) is 0 Å². The van der Waals surface area contributed by atoms with Crippen molar-refractivity contribution in [1.29, 1.82) is 0 Å². The number of aliphatic imine (C=N–C) groups is 2. The molecule has 0 bridgehead atoms. The van der Waals surface area contributed by atoms with E-state index < -0.39 is 102 Å². The molecule has 0 radical (unpaired) electrons. The van der Waals surface area contributed by atoms with E-state index in [0.717, 1.165) is 14.7 Å². The van der Waals surface area contributed by atoms with Gasteiger partial charge in [0.05, 0.1) is 35.8 Å². The molecule has 0 aromatic heterocycles. The Kier molecular flexibility index (Phi) is 6.31. The van der Waals surface area contributed by atoms with E-state index in [2.05, 4.69) is 15.3 Å². The number of nitrogens with two attached hydrogens (primary N) is 2. The van der Waals surface area contributed by atoms with E-state index >= 15 is 0 Å². The third kappa shape index (κ3) is 4.23. The van der Waals surface area contributed by atoms with E-state index in [1.54, 1.807) is 0 Å². The summed E-state index contributed by atoms with van der Waals surface area (Å²) in [6.07, 6.45) is -12.5. The van der Waals surface area contributed by atoms with Crippen LogP contribution in [-0.4, -0.2) is 111 Å². The molecule has 4 aliphatic rings. The standard InChI is InChI=1S/C22H22F6N8O6/c1-34-7-13(37)35(18(34)39)5-11-14-19(33-16(29)32-14)20(40,41)12(6-36(19)17(30)31-11)42-15(38)9-4-8(21(23,24)25)2-3-10(9)22(26,27)28/h2-4,11-12,14,40-41H,5-7H2,1H3,(H2,30,31)(H3,29,32,33)/t11?,12-,14-,19?/m0/s1. The first-order chi connectivity index (χ1) is 19.3. The number of imide groups is 1. The van der Waals surface area contributed by atoms with Gasteiger partial charge in [0.15, 0.2) is 23.7 Å². The van der Waals surface area contributed by atoms with E-state index in [-0.39, 0.29) is 24.7 Å². The summed E-state index contributed by atoms with van der Waals surface area (Å²) in [5, 5.41) is 25.2. The summed E-state index contributed by atoms with van der Waals surface area (Å²) in [5.74, 6) is -6.66. The number of carbonyl (C=O) groups is 3. The van der Waals surface area contributed by atoms with Crippen molar-refractivity contribution in [3.05, 3.63) is 34.9 Å². The molecule has 2 unspecified atom stereocenters. The largest absolute Gasteiger partial charge is 0.451 e. The number of rotatable bonds is 4. The number of urea groups is 1. The molecule has 4 atom stereocenters. The van der Waals surface area contributed by atoms with Gasteiger partial charge < -0.3 is 41.5 Å². The fourth-order valence-corrected chi connectivity index (χ4v) is 5.54. The molecule has 2 fully saturated rings. The predicted octanol–water partition coefficient (Wildman–Crippen LogP) is -1.18. The number of carbonyl (C=O) groups excluding carboxylic acids is 3. The molecule has 1 spiro atoms. The van der Waals surface area contributed by atoms with Crippen molar-refractivity contribution in [2.24, 2.45) is 21.5 Å². The molecule has 20 heteroatoms. The Morgan fingerprint density at radius 1 is 1.14 bits per heavy atom. The van der Waals surface area contributed by atoms with Gasteiger partial charge in [0.25, 0.3) is 0 Å². The summed E-state index contributed by atoms with van der Waals surface area (Å²) in [6, 6.07) is -3.22. The fourth-order valence-electron chi connectivity index (χ4n) is 5.54. The summed E-state index contributed by atoms with van der Waals surface area (Å²) in [4.78, 5) is 48.9. The maximum absolute atomic E-state index is 13.6. The average molecular weight is 608 g/mol. The SMILES string of the molecule is CN1CC(=O)N(CC2N=C(N)N3C[C@H](OC(=O)c4cc(C(F)(F)F)ccc4C(F)(F)F)C(O)(O)C34NC(N)=N[C@@H]24)C1=O. The van der Waals surface area contributed by atoms with Crippen molar-refractivity contribution < 1.29 is 55.7 Å². The van der Waals surface area contributed by atoms with Gasteiger partial charge in [0.1, 0.15) is 12.6 Å². The second-order valence-corrected chi connectivity index (χ2v) is 10.0. The molecule has 1 aromatic carbocycles. The minimum atomic E-state index is -5.27. The molecule has 1 aromatic rings. The van der Waals surface area contributed by atoms with Crippen molar-refractivity contribution in [2.75, 3.05) is 26.7 Å². The molecule has 2 saturated heterocycles. The van der Waals surface area contributed by atoms with Crippen LogP contribution in [0.3, 0.4) is 0 Å². The van der Waals surface area contributed by atoms with Crippen LogP contribution in [0.2, 0.25) is 0 Å². The van der Waals surface area contributed by atoms with Crippen molar-refractivity contribution in [2.45, 2.75) is 42.0 Å². The van der Waals surface area contributed by atoms with E-state index in [1.807, 2.05) is 0 Å². The minimum absolute atomic E-state index is 0.0534. The first-order valence-electron chi connectivity index (χ1n) is 12.0. The van der Waals surface area contributed by atoms with Gasteiger partial charge in [-0.05, 0) is 18.2 Å². The zero-order valence-electron chi connectivity index (χ0n) is 21.3. The minimum Gasteiger partial charge on any atom is -0.451 e. The third-order valence-electron chi connectivity index (χ3n) is 7.47. The van der Waals surface area contributed by atoms with Crippen LogP contribution >= 0.6 is 0 Å². The van der Waals surface area contributed by atoms with Crippen LogP contribution in [0.25, 0.3) is 0 Å². The third-order valence-corrected chi connectivity index (χ3v) is 7.47. The van der Waals surface area contributed by atoms with Crippen LogP contribution in [0.5, 0.6) is 0 Å². The Bertz CT molecular complexity index is 1430. The maximum Gasteiger partial charge on any atom is 0.417 e. The van der Waals surface area contributed by atoms with E-state index in [9.17, 15) is 50.9 Å². The van der Waals surface area contributed by atoms with Gasteiger partial charge in [0, 0.05) is 7.05 Å². The number of nitrogens with one attached hydrogen (secondary N) is 1. The number of ether oxygens (including phenoxy) is 1. The Balaban J connectivity index is 1.49. The highest BCUT2D eigenvalue weighted by molar-refractivity contribution is 6.02. The van der Waals surface area contributed by atoms with Crippen LogP contribution in [-0.2, 0) is 21.9 Å². The number of hydrogen-bond donors (Lipinski definition) is 5. The predicted molar refractivity (Wildman–Crippen MR) is 126 cm³/mol. The maximum atomic E-state index is 13.6. The lowest BCUT2D eigenvalue weighted by atomic mass is 9.85. The highest BCUT2D eigenvalue weighted by Gasteiger charge is 2.74. The van der Waals surface area contributed by atoms with Crippen LogP contribution in [0.15, 0.2) is 28.2 Å². The highest BCUT2D eigenvalue weighted by Crippen LogP contribution is 2.46. The molecular weight excluding hydrogens is 586 g/mol. The van der Waals surface area contributed by atoms with Gasteiger partial charge in [-0.3, -0.25) is 9.69 Å². The van der Waals surface area contributed by atoms with Crippen LogP contribution in [0.1, 0.15) is 21.5 Å². The zero-order valence-corrected chi connectivity index (χ0v) is 21.3. The number of benzene rings is 1. The van der Waals surface area contributed by atoms with Crippen molar-refractivity contribution >= 4 is 29.8 Å². The Morgan fingerprint density at radius 3 is 2.38 bits per heavy atom. The van der Waals surface area contributed by atoms with E-state index in [1.165, 1.54) is 7.05 Å². The summed E-state index contributed by atoms with van der Waals surface area (Å²) in [6.45, 7) is -1.42. The van der Waals surface area contributed by atoms with Crippen molar-refractivity contribution in [1.82, 2.24) is 20.0 Å². The molecule has 0 saturated carbocycles. The molecule has 5 rings (SSSR count). The number of hydrogen-bond acceptors (Lipinski definition) is 12. The Labute approximate surface area is 231 Å². The van der Waals surface area contributed by atoms with Crippen LogP contribution < -0.4 is 16.8 Å². The normalized spacial score (nSPS) is 28.8. The summed E-state index contributed by atoms with van der Waals surface area (Å²) in [5.41, 5.74) is 4.73. The summed E-state index contributed by atoms with van der Waals surface area (Å²) >= 11 is 0. The molecular formula is C22H22F6N8O6. The summed E-state index contributed by atoms with van der Waals surface area (Å²) < 4.78 is 85.5. The molecule has 228 valence electrons. The van der Waals surface area contributed by atoms with Crippen LogP contribution in [0, 0.1) is 0 Å². The lowest BCUT2D eigenvalue weighted by Crippen LogP contribution is -2.77. The monoisotopic (exact) mass is 608 g/mol. The Hall–Kier alpha value is -4.33. The molecule has 4 heterocycles. The van der Waals surface area contributed by atoms with E-state index in [0.29, 0.717) is 0 Å². The Morgan fingerprint density at radius 2 is 1.81 bits per heavy atom. The second kappa shape index (κ2) is 9.08. The molecule has 3 amide bonds. The number of halogens is 6. The fraction of sp³-hybridized carbons (Fsp3) is 0.500. The molecule has 7 N–H and O–H groups in total. The number of aliphatic hydroxyl groups is 2. The number of nitrogens with zero attached hydrogens (tertiary/aromatic N) is 5. The number of likely N-dealkylation sites (N-methyl/N-ethyl adjacent to an activating group) is 1. The number of alkyl halides is 6. The van der Waals surface area contributed by atoms with Gasteiger partial charge in [-0.1, -0.05) is 0 Å². The van der Waals surface area contributed by atoms with Gasteiger partial charge in [-0.2, -0.15) is 26.3 Å². The first kappa shape index (κ1) is 29.2. The molecule has 0 aliphatic carbocycles. The topological polar surface area (TPSA) is 199 Å². The van der Waals surface area contributed by atoms with Gasteiger partial charge in [-0.25, -0.2) is 19.6 Å². The lowest BCUT2D eigenvalue weighted by molar-refractivity contribution is -0.256. The molecule has 14 nitrogen and oxygen atoms in total. The zero-order chi connectivity index (χ0) is 31.2. The number of amides is 3. The number of esters is 1. The highest BCUT2D eigenvalue weighted by atomic mass is 19.4. The smallest absolute Gasteiger partial charge is 0.417 e. The van der Waals surface area contributed by atoms with Crippen molar-refractivity contribution in [3.8, 4) is 0 Å². The van der Waals surface area contributed by atoms with E-state index in [4.69, 9.17) is 16.2 Å². The first-order valence-corrected chi connectivity index (χ1v) is 12.0. The molecule has 4 aliphatic heterocycles. The number of guanidine groups is 2. The van der Waals surface area contributed by atoms with Crippen LogP contribution in [0.4, 0.5) is 31.1 Å².